The van der Waals surface area contributed by atoms with Crippen LogP contribution in [0.4, 0.5) is 16.3 Å². The molecule has 0 unspecified atom stereocenters. The van der Waals surface area contributed by atoms with Crippen molar-refractivity contribution in [3.05, 3.63) is 44.8 Å². The molecule has 0 saturated carbocycles. The van der Waals surface area contributed by atoms with Gasteiger partial charge in [0.15, 0.2) is 5.82 Å². The fourth-order valence-electron chi connectivity index (χ4n) is 2.33. The minimum absolute atomic E-state index is 0.144. The Hall–Kier alpha value is -1.60. The van der Waals surface area contributed by atoms with Crippen molar-refractivity contribution in [3.63, 3.8) is 0 Å². The predicted molar refractivity (Wildman–Crippen MR) is 107 cm³/mol. The minimum atomic E-state index is -0.753. The maximum atomic E-state index is 13.0. The molecule has 0 aliphatic heterocycles. The van der Waals surface area contributed by atoms with Gasteiger partial charge in [-0.2, -0.15) is 0 Å². The number of nitrogens with zero attached hydrogens (tertiary/aromatic N) is 3. The molecule has 1 aromatic heterocycles. The standard InChI is InChI=1S/C18H20Cl3N3O3/c1-10-22-15(21)12(7-8-25)16(23-10)24(17(26)27-18(2,3)4)14-6-5-11(19)9-13(14)20/h5-6,9,25H,7-8H2,1-4H3. The number of hydrogen-bond donors (Lipinski definition) is 1. The molecule has 0 bridgehead atoms. The third-order valence-corrected chi connectivity index (χ3v) is 4.20. The van der Waals surface area contributed by atoms with Gasteiger partial charge in [-0.3, -0.25) is 0 Å². The van der Waals surface area contributed by atoms with Gasteiger partial charge in [-0.05, 0) is 45.9 Å². The van der Waals surface area contributed by atoms with E-state index in [1.165, 1.54) is 11.0 Å². The molecule has 2 aromatic rings. The van der Waals surface area contributed by atoms with Crippen LogP contribution in [0.25, 0.3) is 0 Å². The van der Waals surface area contributed by atoms with Crippen molar-refractivity contribution in [1.29, 1.82) is 0 Å². The van der Waals surface area contributed by atoms with Gasteiger partial charge in [0.25, 0.3) is 0 Å². The van der Waals surface area contributed by atoms with E-state index in [0.717, 1.165) is 0 Å². The fourth-order valence-corrected chi connectivity index (χ4v) is 3.12. The van der Waals surface area contributed by atoms with Crippen LogP contribution in [-0.4, -0.2) is 33.4 Å². The molecule has 2 rings (SSSR count). The van der Waals surface area contributed by atoms with Crippen LogP contribution in [0, 0.1) is 6.92 Å². The quantitative estimate of drug-likeness (QED) is 0.659. The van der Waals surface area contributed by atoms with Crippen LogP contribution in [0.2, 0.25) is 15.2 Å². The van der Waals surface area contributed by atoms with Gasteiger partial charge in [-0.25, -0.2) is 19.7 Å². The zero-order valence-electron chi connectivity index (χ0n) is 15.4. The Bertz CT molecular complexity index is 854. The minimum Gasteiger partial charge on any atom is -0.443 e. The molecule has 9 heteroatoms. The lowest BCUT2D eigenvalue weighted by Crippen LogP contribution is -2.35. The van der Waals surface area contributed by atoms with Gasteiger partial charge in [0.1, 0.15) is 16.6 Å². The van der Waals surface area contributed by atoms with Crippen LogP contribution in [-0.2, 0) is 11.2 Å². The van der Waals surface area contributed by atoms with E-state index in [9.17, 15) is 9.90 Å². The van der Waals surface area contributed by atoms with Crippen molar-refractivity contribution in [2.75, 3.05) is 11.5 Å². The van der Waals surface area contributed by atoms with Crippen LogP contribution in [0.1, 0.15) is 32.2 Å². The lowest BCUT2D eigenvalue weighted by atomic mass is 10.2. The number of ether oxygens (including phenoxy) is 1. The molecule has 0 aliphatic carbocycles. The lowest BCUT2D eigenvalue weighted by Gasteiger charge is -2.29. The van der Waals surface area contributed by atoms with Crippen LogP contribution < -0.4 is 4.90 Å². The Morgan fingerprint density at radius 1 is 1.22 bits per heavy atom. The summed E-state index contributed by atoms with van der Waals surface area (Å²) in [6, 6.07) is 4.70. The molecule has 1 aromatic carbocycles. The second-order valence-corrected chi connectivity index (χ2v) is 7.95. The molecule has 0 saturated heterocycles. The van der Waals surface area contributed by atoms with Crippen LogP contribution >= 0.6 is 34.8 Å². The first-order valence-corrected chi connectivity index (χ1v) is 9.29. The smallest absolute Gasteiger partial charge is 0.420 e. The molecule has 1 amide bonds. The molecule has 0 aliphatic rings. The second-order valence-electron chi connectivity index (χ2n) is 6.75. The zero-order chi connectivity index (χ0) is 20.4. The van der Waals surface area contributed by atoms with Gasteiger partial charge in [-0.1, -0.05) is 34.8 Å². The molecule has 0 radical (unpaired) electrons. The average molecular weight is 433 g/mol. The summed E-state index contributed by atoms with van der Waals surface area (Å²) in [5.74, 6) is 0.551. The first-order valence-electron chi connectivity index (χ1n) is 8.15. The number of hydrogen-bond acceptors (Lipinski definition) is 5. The third kappa shape index (κ3) is 5.45. The average Bonchev–Trinajstić information content (AvgIpc) is 2.51. The molecule has 27 heavy (non-hydrogen) atoms. The Balaban J connectivity index is 2.72. The molecular formula is C18H20Cl3N3O3. The molecule has 0 fully saturated rings. The van der Waals surface area contributed by atoms with Crippen LogP contribution in [0.3, 0.4) is 0 Å². The highest BCUT2D eigenvalue weighted by Crippen LogP contribution is 2.37. The highest BCUT2D eigenvalue weighted by molar-refractivity contribution is 6.37. The molecule has 1 N–H and O–H groups in total. The predicted octanol–water partition coefficient (Wildman–Crippen LogP) is 5.35. The van der Waals surface area contributed by atoms with E-state index in [1.807, 2.05) is 0 Å². The van der Waals surface area contributed by atoms with E-state index < -0.39 is 11.7 Å². The van der Waals surface area contributed by atoms with Gasteiger partial charge in [0.05, 0.1) is 10.7 Å². The van der Waals surface area contributed by atoms with Crippen molar-refractivity contribution in [1.82, 2.24) is 9.97 Å². The molecule has 0 atom stereocenters. The topological polar surface area (TPSA) is 75.6 Å². The number of anilines is 2. The zero-order valence-corrected chi connectivity index (χ0v) is 17.7. The maximum absolute atomic E-state index is 13.0. The number of aliphatic hydroxyl groups is 1. The molecule has 6 nitrogen and oxygen atoms in total. The molecular weight excluding hydrogens is 413 g/mol. The Morgan fingerprint density at radius 2 is 1.89 bits per heavy atom. The van der Waals surface area contributed by atoms with Gasteiger partial charge >= 0.3 is 6.09 Å². The Labute approximate surface area is 173 Å². The summed E-state index contributed by atoms with van der Waals surface area (Å²) >= 11 is 18.6. The second kappa shape index (κ2) is 8.61. The Kier molecular flexibility index (Phi) is 6.92. The molecule has 0 spiro atoms. The monoisotopic (exact) mass is 431 g/mol. The number of aliphatic hydroxyl groups excluding tert-OH is 1. The summed E-state index contributed by atoms with van der Waals surface area (Å²) in [4.78, 5) is 22.7. The van der Waals surface area contributed by atoms with Crippen molar-refractivity contribution in [2.24, 2.45) is 0 Å². The first kappa shape index (κ1) is 21.7. The lowest BCUT2D eigenvalue weighted by molar-refractivity contribution is 0.0597. The maximum Gasteiger partial charge on any atom is 0.420 e. The van der Waals surface area contributed by atoms with Crippen LogP contribution in [0.15, 0.2) is 18.2 Å². The number of rotatable bonds is 4. The number of aromatic nitrogens is 2. The van der Waals surface area contributed by atoms with Gasteiger partial charge in [0.2, 0.25) is 0 Å². The van der Waals surface area contributed by atoms with Gasteiger partial charge < -0.3 is 9.84 Å². The van der Waals surface area contributed by atoms with Crippen molar-refractivity contribution < 1.29 is 14.6 Å². The number of aryl methyl sites for hydroxylation is 1. The van der Waals surface area contributed by atoms with Crippen molar-refractivity contribution in [3.8, 4) is 0 Å². The molecule has 1 heterocycles. The third-order valence-electron chi connectivity index (χ3n) is 3.35. The summed E-state index contributed by atoms with van der Waals surface area (Å²) in [6.45, 7) is 6.70. The van der Waals surface area contributed by atoms with E-state index in [0.29, 0.717) is 22.1 Å². The SMILES string of the molecule is Cc1nc(Cl)c(CCO)c(N(C(=O)OC(C)(C)C)c2ccc(Cl)cc2Cl)n1. The molecule has 146 valence electrons. The van der Waals surface area contributed by atoms with E-state index in [2.05, 4.69) is 9.97 Å². The van der Waals surface area contributed by atoms with E-state index in [4.69, 9.17) is 39.5 Å². The highest BCUT2D eigenvalue weighted by atomic mass is 35.5. The highest BCUT2D eigenvalue weighted by Gasteiger charge is 2.30. The normalized spacial score (nSPS) is 11.4. The number of amides is 1. The van der Waals surface area contributed by atoms with E-state index in [-0.39, 0.29) is 29.0 Å². The van der Waals surface area contributed by atoms with Crippen LogP contribution in [0.5, 0.6) is 0 Å². The van der Waals surface area contributed by atoms with Crippen molar-refractivity contribution in [2.45, 2.75) is 39.7 Å². The van der Waals surface area contributed by atoms with Gasteiger partial charge in [0, 0.05) is 23.6 Å². The number of carbonyl (C=O) groups is 1. The summed E-state index contributed by atoms with van der Waals surface area (Å²) in [5.41, 5.74) is -0.0256. The summed E-state index contributed by atoms with van der Waals surface area (Å²) in [5, 5.41) is 10.2. The number of halogens is 3. The summed E-state index contributed by atoms with van der Waals surface area (Å²) < 4.78 is 5.54. The van der Waals surface area contributed by atoms with E-state index >= 15 is 0 Å². The summed E-state index contributed by atoms with van der Waals surface area (Å²) in [7, 11) is 0. The number of carbonyl (C=O) groups excluding carboxylic acids is 1. The fraction of sp³-hybridized carbons (Fsp3) is 0.389. The summed E-state index contributed by atoms with van der Waals surface area (Å²) in [6.07, 6.45) is -0.543. The number of benzene rings is 1. The first-order chi connectivity index (χ1) is 12.5. The van der Waals surface area contributed by atoms with Crippen molar-refractivity contribution >= 4 is 52.4 Å². The Morgan fingerprint density at radius 3 is 2.44 bits per heavy atom. The van der Waals surface area contributed by atoms with E-state index in [1.54, 1.807) is 39.8 Å². The van der Waals surface area contributed by atoms with Gasteiger partial charge in [-0.15, -0.1) is 0 Å². The largest absolute Gasteiger partial charge is 0.443 e.